The summed E-state index contributed by atoms with van der Waals surface area (Å²) in [6.45, 7) is 2.95. The molecule has 0 saturated heterocycles. The van der Waals surface area contributed by atoms with Crippen LogP contribution in [0.5, 0.6) is 0 Å². The summed E-state index contributed by atoms with van der Waals surface area (Å²) in [7, 11) is -0.758. The van der Waals surface area contributed by atoms with Crippen LogP contribution in [0.4, 0.5) is 0 Å². The molecule has 1 N–H and O–H groups in total. The Morgan fingerprint density at radius 1 is 1.69 bits per heavy atom. The Labute approximate surface area is 98.9 Å². The lowest BCUT2D eigenvalue weighted by molar-refractivity contribution is 0.550. The molecule has 1 aliphatic carbocycles. The van der Waals surface area contributed by atoms with Crippen LogP contribution < -0.4 is 5.32 Å². The number of aromatic nitrogens is 2. The molecular weight excluding hydrogens is 222 g/mol. The zero-order valence-corrected chi connectivity index (χ0v) is 10.7. The molecule has 90 valence electrons. The maximum atomic E-state index is 11.2. The summed E-state index contributed by atoms with van der Waals surface area (Å²) in [6, 6.07) is 0.961. The molecule has 4 nitrogen and oxygen atoms in total. The molecule has 0 aromatic carbocycles. The number of imidazole rings is 1. The van der Waals surface area contributed by atoms with Crippen molar-refractivity contribution in [2.24, 2.45) is 0 Å². The molecular formula is C11H19N3OS. The second-order valence-electron chi connectivity index (χ2n) is 4.54. The predicted molar refractivity (Wildman–Crippen MR) is 65.7 cm³/mol. The van der Waals surface area contributed by atoms with Crippen LogP contribution in [-0.4, -0.2) is 31.8 Å². The van der Waals surface area contributed by atoms with Crippen molar-refractivity contribution in [3.8, 4) is 0 Å². The van der Waals surface area contributed by atoms with E-state index in [4.69, 9.17) is 0 Å². The van der Waals surface area contributed by atoms with Crippen LogP contribution >= 0.6 is 0 Å². The van der Waals surface area contributed by atoms with Gasteiger partial charge in [-0.15, -0.1) is 0 Å². The molecule has 0 bridgehead atoms. The second-order valence-corrected chi connectivity index (χ2v) is 6.02. The van der Waals surface area contributed by atoms with Crippen molar-refractivity contribution in [2.45, 2.75) is 38.4 Å². The van der Waals surface area contributed by atoms with Gasteiger partial charge in [0.2, 0.25) is 0 Å². The third-order valence-corrected chi connectivity index (χ3v) is 3.80. The molecule has 0 spiro atoms. The molecule has 1 heterocycles. The van der Waals surface area contributed by atoms with Crippen LogP contribution in [0.1, 0.15) is 31.5 Å². The molecule has 0 aliphatic heterocycles. The van der Waals surface area contributed by atoms with Gasteiger partial charge < -0.3 is 9.88 Å². The van der Waals surface area contributed by atoms with Gasteiger partial charge in [-0.2, -0.15) is 0 Å². The molecule has 0 amide bonds. The highest BCUT2D eigenvalue weighted by Gasteiger charge is 2.21. The van der Waals surface area contributed by atoms with Crippen LogP contribution in [-0.2, 0) is 17.3 Å². The second kappa shape index (κ2) is 5.10. The van der Waals surface area contributed by atoms with Crippen molar-refractivity contribution in [3.05, 3.63) is 18.2 Å². The lowest BCUT2D eigenvalue weighted by atomic mass is 10.3. The first kappa shape index (κ1) is 11.8. The van der Waals surface area contributed by atoms with E-state index < -0.39 is 10.8 Å². The SMILES string of the molecule is CC(CS(C)=O)n1cncc1CNC1CC1. The van der Waals surface area contributed by atoms with Gasteiger partial charge in [0.1, 0.15) is 0 Å². The third kappa shape index (κ3) is 3.15. The van der Waals surface area contributed by atoms with E-state index in [9.17, 15) is 4.21 Å². The minimum atomic E-state index is -0.758. The van der Waals surface area contributed by atoms with Crippen LogP contribution in [0.3, 0.4) is 0 Å². The number of hydrogen-bond acceptors (Lipinski definition) is 3. The summed E-state index contributed by atoms with van der Waals surface area (Å²) < 4.78 is 13.3. The van der Waals surface area contributed by atoms with Gasteiger partial charge in [0, 0.05) is 47.6 Å². The highest BCUT2D eigenvalue weighted by atomic mass is 32.2. The van der Waals surface area contributed by atoms with Crippen molar-refractivity contribution in [2.75, 3.05) is 12.0 Å². The fraction of sp³-hybridized carbons (Fsp3) is 0.727. The summed E-state index contributed by atoms with van der Waals surface area (Å²) in [4.78, 5) is 4.17. The average molecular weight is 241 g/mol. The van der Waals surface area contributed by atoms with Gasteiger partial charge in [-0.05, 0) is 19.8 Å². The molecule has 1 aromatic heterocycles. The van der Waals surface area contributed by atoms with Crippen LogP contribution in [0, 0.1) is 0 Å². The molecule has 2 rings (SSSR count). The van der Waals surface area contributed by atoms with Gasteiger partial charge in [0.25, 0.3) is 0 Å². The van der Waals surface area contributed by atoms with Crippen molar-refractivity contribution in [1.82, 2.24) is 14.9 Å². The van der Waals surface area contributed by atoms with Gasteiger partial charge in [0.15, 0.2) is 0 Å². The fourth-order valence-electron chi connectivity index (χ4n) is 1.82. The number of hydrogen-bond donors (Lipinski definition) is 1. The summed E-state index contributed by atoms with van der Waals surface area (Å²) >= 11 is 0. The molecule has 1 aliphatic rings. The Hall–Kier alpha value is -0.680. The highest BCUT2D eigenvalue weighted by Crippen LogP contribution is 2.19. The van der Waals surface area contributed by atoms with Gasteiger partial charge in [-0.3, -0.25) is 4.21 Å². The van der Waals surface area contributed by atoms with Gasteiger partial charge >= 0.3 is 0 Å². The molecule has 16 heavy (non-hydrogen) atoms. The lowest BCUT2D eigenvalue weighted by Crippen LogP contribution is -2.21. The number of nitrogens with one attached hydrogen (secondary N) is 1. The van der Waals surface area contributed by atoms with E-state index >= 15 is 0 Å². The summed E-state index contributed by atoms with van der Waals surface area (Å²) in [5.41, 5.74) is 1.19. The molecule has 2 atom stereocenters. The largest absolute Gasteiger partial charge is 0.330 e. The van der Waals surface area contributed by atoms with Crippen molar-refractivity contribution in [3.63, 3.8) is 0 Å². The van der Waals surface area contributed by atoms with Crippen LogP contribution in [0.15, 0.2) is 12.5 Å². The Morgan fingerprint density at radius 2 is 2.44 bits per heavy atom. The zero-order chi connectivity index (χ0) is 11.5. The van der Waals surface area contributed by atoms with E-state index in [1.165, 1.54) is 18.5 Å². The first-order valence-electron chi connectivity index (χ1n) is 5.71. The maximum Gasteiger partial charge on any atom is 0.0951 e. The smallest absolute Gasteiger partial charge is 0.0951 e. The maximum absolute atomic E-state index is 11.2. The topological polar surface area (TPSA) is 46.9 Å². The first-order valence-corrected chi connectivity index (χ1v) is 7.43. The predicted octanol–water partition coefficient (Wildman–Crippen LogP) is 1.07. The molecule has 1 aromatic rings. The molecule has 1 fully saturated rings. The van der Waals surface area contributed by atoms with Crippen molar-refractivity contribution < 1.29 is 4.21 Å². The van der Waals surface area contributed by atoms with E-state index in [-0.39, 0.29) is 6.04 Å². The van der Waals surface area contributed by atoms with Crippen LogP contribution in [0.25, 0.3) is 0 Å². The zero-order valence-electron chi connectivity index (χ0n) is 9.85. The van der Waals surface area contributed by atoms with Crippen molar-refractivity contribution in [1.29, 1.82) is 0 Å². The Bertz CT molecular complexity index is 373. The van der Waals surface area contributed by atoms with E-state index in [1.54, 1.807) is 6.26 Å². The van der Waals surface area contributed by atoms with E-state index in [0.717, 1.165) is 6.54 Å². The quantitative estimate of drug-likeness (QED) is 0.810. The van der Waals surface area contributed by atoms with Crippen molar-refractivity contribution >= 4 is 10.8 Å². The van der Waals surface area contributed by atoms with E-state index in [0.29, 0.717) is 11.8 Å². The fourth-order valence-corrected chi connectivity index (χ4v) is 2.66. The van der Waals surface area contributed by atoms with E-state index in [2.05, 4.69) is 21.8 Å². The first-order chi connectivity index (χ1) is 7.66. The van der Waals surface area contributed by atoms with Gasteiger partial charge in [-0.25, -0.2) is 4.98 Å². The van der Waals surface area contributed by atoms with Gasteiger partial charge in [-0.1, -0.05) is 0 Å². The summed E-state index contributed by atoms with van der Waals surface area (Å²) in [5.74, 6) is 0.687. The minimum Gasteiger partial charge on any atom is -0.330 e. The molecule has 0 radical (unpaired) electrons. The molecule has 1 saturated carbocycles. The number of rotatable bonds is 6. The Morgan fingerprint density at radius 3 is 3.06 bits per heavy atom. The molecule has 5 heteroatoms. The standard InChI is InChI=1S/C11H19N3OS/c1-9(7-16(2)15)14-8-12-5-11(14)6-13-10-3-4-10/h5,8-10,13H,3-4,6-7H2,1-2H3. The van der Waals surface area contributed by atoms with E-state index in [1.807, 2.05) is 12.5 Å². The average Bonchev–Trinajstić information content (AvgIpc) is 2.91. The summed E-state index contributed by atoms with van der Waals surface area (Å²) in [6.07, 6.45) is 8.06. The third-order valence-electron chi connectivity index (χ3n) is 2.85. The van der Waals surface area contributed by atoms with Gasteiger partial charge in [0.05, 0.1) is 12.0 Å². The monoisotopic (exact) mass is 241 g/mol. The minimum absolute atomic E-state index is 0.254. The Balaban J connectivity index is 1.96. The number of nitrogens with zero attached hydrogens (tertiary/aromatic N) is 2. The summed E-state index contributed by atoms with van der Waals surface area (Å²) in [5, 5.41) is 3.47. The highest BCUT2D eigenvalue weighted by molar-refractivity contribution is 7.84. The van der Waals surface area contributed by atoms with Crippen LogP contribution in [0.2, 0.25) is 0 Å². The molecule has 2 unspecified atom stereocenters. The lowest BCUT2D eigenvalue weighted by Gasteiger charge is -2.15. The normalized spacial score (nSPS) is 19.6. The Kier molecular flexibility index (Phi) is 3.76.